The molecule has 1 aliphatic rings. The minimum Gasteiger partial charge on any atom is -0.496 e. The number of fused-ring (bicyclic) bond motifs is 1. The first-order chi connectivity index (χ1) is 14.7. The van der Waals surface area contributed by atoms with E-state index in [1.165, 1.54) is 0 Å². The Morgan fingerprint density at radius 2 is 1.71 bits per heavy atom. The van der Waals surface area contributed by atoms with Crippen molar-refractivity contribution in [3.05, 3.63) is 48.4 Å². The highest BCUT2D eigenvalue weighted by Crippen LogP contribution is 2.41. The summed E-state index contributed by atoms with van der Waals surface area (Å²) in [5, 5.41) is 0. The van der Waals surface area contributed by atoms with Crippen LogP contribution in [0.25, 0.3) is 11.3 Å². The van der Waals surface area contributed by atoms with Crippen LogP contribution in [0.5, 0.6) is 28.7 Å². The minimum atomic E-state index is 0. The molecule has 31 heavy (non-hydrogen) atoms. The van der Waals surface area contributed by atoms with Gasteiger partial charge < -0.3 is 28.3 Å². The molecule has 0 amide bonds. The number of halogens is 1. The molecule has 166 valence electrons. The lowest BCUT2D eigenvalue weighted by molar-refractivity contribution is 0.296. The highest BCUT2D eigenvalue weighted by Gasteiger charge is 2.19. The van der Waals surface area contributed by atoms with Gasteiger partial charge in [-0.1, -0.05) is 6.07 Å². The average molecular weight is 447 g/mol. The van der Waals surface area contributed by atoms with Crippen LogP contribution in [-0.4, -0.2) is 43.6 Å². The summed E-state index contributed by atoms with van der Waals surface area (Å²) in [5.74, 6) is 3.59. The smallest absolute Gasteiger partial charge is 0.164 e. The van der Waals surface area contributed by atoms with E-state index in [1.54, 1.807) is 14.2 Å². The van der Waals surface area contributed by atoms with E-state index in [9.17, 15) is 0 Å². The normalized spacial score (nSPS) is 12.5. The maximum absolute atomic E-state index is 5.87. The maximum atomic E-state index is 5.87. The largest absolute Gasteiger partial charge is 0.496 e. The van der Waals surface area contributed by atoms with Crippen LogP contribution in [0.15, 0.2) is 42.9 Å². The molecule has 2 heterocycles. The summed E-state index contributed by atoms with van der Waals surface area (Å²) < 4.78 is 30.5. The van der Waals surface area contributed by atoms with E-state index in [2.05, 4.69) is 9.55 Å². The number of hydrogen-bond donors (Lipinski definition) is 0. The topological polar surface area (TPSA) is 64.0 Å². The average Bonchev–Trinajstić information content (AvgIpc) is 3.09. The number of nitrogens with zero attached hydrogens (tertiary/aromatic N) is 2. The zero-order chi connectivity index (χ0) is 20.9. The Kier molecular flexibility index (Phi) is 7.52. The molecule has 4 rings (SSSR count). The molecule has 0 N–H and O–H groups in total. The van der Waals surface area contributed by atoms with Gasteiger partial charge in [0.15, 0.2) is 23.0 Å². The van der Waals surface area contributed by atoms with Crippen molar-refractivity contribution in [1.82, 2.24) is 9.55 Å². The second kappa shape index (κ2) is 10.3. The van der Waals surface area contributed by atoms with Crippen LogP contribution in [0.3, 0.4) is 0 Å². The lowest BCUT2D eigenvalue weighted by Gasteiger charge is -2.16. The molecular weight excluding hydrogens is 420 g/mol. The summed E-state index contributed by atoms with van der Waals surface area (Å²) in [5.41, 5.74) is 2.90. The van der Waals surface area contributed by atoms with Gasteiger partial charge in [-0.2, -0.15) is 0 Å². The Hall–Kier alpha value is -3.06. The molecule has 0 fully saturated rings. The van der Waals surface area contributed by atoms with Gasteiger partial charge in [0.2, 0.25) is 0 Å². The van der Waals surface area contributed by atoms with E-state index in [-0.39, 0.29) is 12.4 Å². The van der Waals surface area contributed by atoms with Crippen LogP contribution < -0.4 is 23.7 Å². The molecule has 0 atom stereocenters. The molecule has 0 saturated heterocycles. The third-order valence-electron chi connectivity index (χ3n) is 4.94. The quantitative estimate of drug-likeness (QED) is 0.528. The van der Waals surface area contributed by atoms with Gasteiger partial charge in [-0.05, 0) is 30.7 Å². The number of imidazole rings is 1. The van der Waals surface area contributed by atoms with Gasteiger partial charge in [0.05, 0.1) is 52.3 Å². The van der Waals surface area contributed by atoms with Gasteiger partial charge in [0.25, 0.3) is 0 Å². The highest BCUT2D eigenvalue weighted by molar-refractivity contribution is 5.85. The summed E-state index contributed by atoms with van der Waals surface area (Å²) in [7, 11) is 3.29. The highest BCUT2D eigenvalue weighted by atomic mass is 35.5. The van der Waals surface area contributed by atoms with Crippen LogP contribution in [-0.2, 0) is 6.54 Å². The molecular formula is C23H27ClN2O5. The number of hydrogen-bond acceptors (Lipinski definition) is 6. The Labute approximate surface area is 188 Å². The number of ether oxygens (including phenoxy) is 5. The van der Waals surface area contributed by atoms with Crippen molar-refractivity contribution in [2.24, 2.45) is 0 Å². The fourth-order valence-corrected chi connectivity index (χ4v) is 3.51. The van der Waals surface area contributed by atoms with E-state index in [0.29, 0.717) is 37.9 Å². The number of aromatic nitrogens is 2. The Balaban J connectivity index is 0.00000272. The first-order valence-corrected chi connectivity index (χ1v) is 10.0. The van der Waals surface area contributed by atoms with Crippen molar-refractivity contribution in [2.75, 3.05) is 34.0 Å². The first kappa shape index (κ1) is 22.6. The van der Waals surface area contributed by atoms with Gasteiger partial charge >= 0.3 is 0 Å². The molecule has 2 aromatic carbocycles. The van der Waals surface area contributed by atoms with Crippen molar-refractivity contribution < 1.29 is 23.7 Å². The van der Waals surface area contributed by atoms with Gasteiger partial charge in [0, 0.05) is 24.6 Å². The second-order valence-corrected chi connectivity index (χ2v) is 6.87. The fraction of sp³-hybridized carbons (Fsp3) is 0.348. The molecule has 8 heteroatoms. The van der Waals surface area contributed by atoms with Crippen molar-refractivity contribution in [1.29, 1.82) is 0 Å². The summed E-state index contributed by atoms with van der Waals surface area (Å²) in [6, 6.07) is 9.79. The third kappa shape index (κ3) is 4.82. The molecule has 7 nitrogen and oxygen atoms in total. The zero-order valence-corrected chi connectivity index (χ0v) is 18.7. The minimum absolute atomic E-state index is 0. The summed E-state index contributed by atoms with van der Waals surface area (Å²) in [6.45, 7) is 4.41. The van der Waals surface area contributed by atoms with Crippen molar-refractivity contribution >= 4 is 12.4 Å². The molecule has 3 aromatic rings. The van der Waals surface area contributed by atoms with Gasteiger partial charge in [-0.25, -0.2) is 4.98 Å². The predicted molar refractivity (Wildman–Crippen MR) is 120 cm³/mol. The van der Waals surface area contributed by atoms with Crippen LogP contribution in [0, 0.1) is 0 Å². The molecule has 0 unspecified atom stereocenters. The first-order valence-electron chi connectivity index (χ1n) is 10.0. The van der Waals surface area contributed by atoms with E-state index in [0.717, 1.165) is 40.5 Å². The predicted octanol–water partition coefficient (Wildman–Crippen LogP) is 4.60. The second-order valence-electron chi connectivity index (χ2n) is 6.87. The van der Waals surface area contributed by atoms with Crippen molar-refractivity contribution in [3.63, 3.8) is 0 Å². The number of rotatable bonds is 7. The van der Waals surface area contributed by atoms with E-state index in [4.69, 9.17) is 23.7 Å². The van der Waals surface area contributed by atoms with Crippen molar-refractivity contribution in [2.45, 2.75) is 19.9 Å². The van der Waals surface area contributed by atoms with E-state index < -0.39 is 0 Å². The fourth-order valence-electron chi connectivity index (χ4n) is 3.51. The lowest BCUT2D eigenvalue weighted by atomic mass is 10.1. The van der Waals surface area contributed by atoms with Gasteiger partial charge in [-0.3, -0.25) is 0 Å². The molecule has 0 aliphatic carbocycles. The standard InChI is InChI=1S/C23H26N2O5.ClH/c1-4-28-21-10-16(6-7-19(21)26-2)14-25-15-24-13-18(25)17-11-22-23(12-20(17)27-3)30-9-5-8-29-22;/h6-7,10-13,15H,4-5,8-9,14H2,1-3H3;1H. The molecule has 0 radical (unpaired) electrons. The van der Waals surface area contributed by atoms with Gasteiger partial charge in [-0.15, -0.1) is 12.4 Å². The monoisotopic (exact) mass is 446 g/mol. The van der Waals surface area contributed by atoms with Gasteiger partial charge in [0.1, 0.15) is 5.75 Å². The van der Waals surface area contributed by atoms with Crippen LogP contribution in [0.1, 0.15) is 18.9 Å². The summed E-state index contributed by atoms with van der Waals surface area (Å²) in [6.07, 6.45) is 4.49. The van der Waals surface area contributed by atoms with Crippen LogP contribution >= 0.6 is 12.4 Å². The lowest BCUT2D eigenvalue weighted by Crippen LogP contribution is -2.03. The van der Waals surface area contributed by atoms with E-state index in [1.807, 2.05) is 49.8 Å². The third-order valence-corrected chi connectivity index (χ3v) is 4.94. The Bertz CT molecular complexity index is 1020. The zero-order valence-electron chi connectivity index (χ0n) is 17.9. The number of benzene rings is 2. The Morgan fingerprint density at radius 1 is 0.968 bits per heavy atom. The summed E-state index contributed by atoms with van der Waals surface area (Å²) >= 11 is 0. The molecule has 0 bridgehead atoms. The Morgan fingerprint density at radius 3 is 2.42 bits per heavy atom. The molecule has 0 spiro atoms. The molecule has 1 aromatic heterocycles. The van der Waals surface area contributed by atoms with Crippen LogP contribution in [0.2, 0.25) is 0 Å². The van der Waals surface area contributed by atoms with Crippen LogP contribution in [0.4, 0.5) is 0 Å². The van der Waals surface area contributed by atoms with E-state index >= 15 is 0 Å². The summed E-state index contributed by atoms with van der Waals surface area (Å²) in [4.78, 5) is 4.37. The SMILES string of the molecule is CCOc1cc(Cn2cncc2-c2cc3c(cc2OC)OCCCO3)ccc1OC.Cl. The molecule has 1 aliphatic heterocycles. The number of methoxy groups -OCH3 is 2. The molecule has 0 saturated carbocycles. The van der Waals surface area contributed by atoms with Crippen molar-refractivity contribution in [3.8, 4) is 40.0 Å². The maximum Gasteiger partial charge on any atom is 0.164 e.